The van der Waals surface area contributed by atoms with E-state index in [0.717, 1.165) is 46.2 Å². The number of phenols is 2. The van der Waals surface area contributed by atoms with Crippen LogP contribution in [0.4, 0.5) is 0 Å². The number of hydrogen-bond acceptors (Lipinski definition) is 2. The minimum absolute atomic E-state index is 0.0448. The summed E-state index contributed by atoms with van der Waals surface area (Å²) >= 11 is 0. The maximum atomic E-state index is 11.1. The molecule has 0 aliphatic heterocycles. The van der Waals surface area contributed by atoms with Crippen LogP contribution < -0.4 is 0 Å². The molecular formula is C26H38O2. The third-order valence-electron chi connectivity index (χ3n) is 5.32. The molecule has 2 aromatic carbocycles. The summed E-state index contributed by atoms with van der Waals surface area (Å²) < 4.78 is 0. The molecule has 0 amide bonds. The number of phenolic OH excluding ortho intramolecular Hbond substituents is 2. The van der Waals surface area contributed by atoms with Crippen LogP contribution in [0.2, 0.25) is 0 Å². The van der Waals surface area contributed by atoms with Crippen LogP contribution in [0.25, 0.3) is 0 Å². The Hall–Kier alpha value is -1.96. The minimum Gasteiger partial charge on any atom is -0.507 e. The normalized spacial score (nSPS) is 12.0. The van der Waals surface area contributed by atoms with E-state index in [1.807, 2.05) is 0 Å². The molecule has 0 radical (unpaired) electrons. The molecule has 2 nitrogen and oxygen atoms in total. The van der Waals surface area contributed by atoms with Crippen LogP contribution in [-0.4, -0.2) is 10.2 Å². The average Bonchev–Trinajstić information content (AvgIpc) is 2.54. The maximum Gasteiger partial charge on any atom is 0.122 e. The molecule has 0 unspecified atom stereocenters. The van der Waals surface area contributed by atoms with E-state index in [2.05, 4.69) is 79.7 Å². The van der Waals surface area contributed by atoms with E-state index in [0.29, 0.717) is 23.3 Å². The first kappa shape index (κ1) is 22.3. The first-order chi connectivity index (χ1) is 13.0. The molecule has 0 fully saturated rings. The summed E-state index contributed by atoms with van der Waals surface area (Å²) in [4.78, 5) is 0. The molecule has 0 heterocycles. The number of aryl methyl sites for hydroxylation is 2. The molecule has 28 heavy (non-hydrogen) atoms. The summed E-state index contributed by atoms with van der Waals surface area (Å²) in [5, 5.41) is 22.3. The lowest BCUT2D eigenvalue weighted by atomic mass is 9.78. The summed E-state index contributed by atoms with van der Waals surface area (Å²) in [6, 6.07) is 8.37. The first-order valence-electron chi connectivity index (χ1n) is 10.7. The Labute approximate surface area is 171 Å². The van der Waals surface area contributed by atoms with Gasteiger partial charge < -0.3 is 10.2 Å². The summed E-state index contributed by atoms with van der Waals surface area (Å²) in [6.07, 6.45) is 1.70. The molecule has 0 saturated heterocycles. The molecule has 2 heteroatoms. The zero-order valence-corrected chi connectivity index (χ0v) is 18.9. The van der Waals surface area contributed by atoms with E-state index < -0.39 is 0 Å². The Bertz CT molecular complexity index is 750. The van der Waals surface area contributed by atoms with Gasteiger partial charge in [-0.25, -0.2) is 0 Å². The summed E-state index contributed by atoms with van der Waals surface area (Å²) in [6.45, 7) is 17.2. The van der Waals surface area contributed by atoms with Gasteiger partial charge in [-0.15, -0.1) is 0 Å². The zero-order valence-electron chi connectivity index (χ0n) is 18.9. The largest absolute Gasteiger partial charge is 0.507 e. The van der Waals surface area contributed by atoms with Crippen LogP contribution in [-0.2, 0) is 12.8 Å². The van der Waals surface area contributed by atoms with Gasteiger partial charge in [0.05, 0.1) is 0 Å². The quantitative estimate of drug-likeness (QED) is 0.547. The fourth-order valence-corrected chi connectivity index (χ4v) is 4.32. The maximum absolute atomic E-state index is 11.1. The van der Waals surface area contributed by atoms with Gasteiger partial charge in [0.1, 0.15) is 11.5 Å². The predicted octanol–water partition coefficient (Wildman–Crippen LogP) is 6.90. The Morgan fingerprint density at radius 3 is 1.29 bits per heavy atom. The van der Waals surface area contributed by atoms with Crippen LogP contribution in [0.15, 0.2) is 24.3 Å². The summed E-state index contributed by atoms with van der Waals surface area (Å²) in [5.41, 5.74) is 6.19. The van der Waals surface area contributed by atoms with E-state index in [9.17, 15) is 10.2 Å². The van der Waals surface area contributed by atoms with Gasteiger partial charge in [0, 0.05) is 17.0 Å². The van der Waals surface area contributed by atoms with Crippen LogP contribution in [0.5, 0.6) is 11.5 Å². The Kier molecular flexibility index (Phi) is 7.20. The predicted molar refractivity (Wildman–Crippen MR) is 119 cm³/mol. The van der Waals surface area contributed by atoms with Gasteiger partial charge in [0.2, 0.25) is 0 Å². The molecule has 0 spiro atoms. The minimum atomic E-state index is -0.0448. The molecule has 154 valence electrons. The lowest BCUT2D eigenvalue weighted by Gasteiger charge is -2.27. The third kappa shape index (κ3) is 5.10. The number of rotatable bonds is 7. The Balaban J connectivity index is 2.68. The van der Waals surface area contributed by atoms with Gasteiger partial charge in [-0.3, -0.25) is 0 Å². The fourth-order valence-electron chi connectivity index (χ4n) is 4.32. The highest BCUT2D eigenvalue weighted by molar-refractivity contribution is 5.54. The molecule has 0 aliphatic rings. The molecule has 2 aromatic rings. The number of aromatic hydroxyl groups is 2. The molecule has 0 saturated carbocycles. The highest BCUT2D eigenvalue weighted by Gasteiger charge is 2.27. The topological polar surface area (TPSA) is 40.5 Å². The lowest BCUT2D eigenvalue weighted by molar-refractivity contribution is 0.424. The van der Waals surface area contributed by atoms with E-state index in [1.54, 1.807) is 0 Å². The highest BCUT2D eigenvalue weighted by Crippen LogP contribution is 2.44. The number of benzene rings is 2. The van der Waals surface area contributed by atoms with Crippen molar-refractivity contribution in [2.45, 2.75) is 74.1 Å². The third-order valence-corrected chi connectivity index (χ3v) is 5.32. The van der Waals surface area contributed by atoms with Crippen molar-refractivity contribution in [2.24, 2.45) is 17.8 Å². The van der Waals surface area contributed by atoms with Crippen LogP contribution in [0.1, 0.15) is 80.8 Å². The zero-order chi connectivity index (χ0) is 21.2. The highest BCUT2D eigenvalue weighted by atomic mass is 16.3. The Morgan fingerprint density at radius 2 is 1.00 bits per heavy atom. The van der Waals surface area contributed by atoms with E-state index in [1.165, 1.54) is 0 Å². The lowest BCUT2D eigenvalue weighted by Crippen LogP contribution is -2.12. The van der Waals surface area contributed by atoms with Crippen LogP contribution in [0, 0.1) is 31.6 Å². The van der Waals surface area contributed by atoms with Gasteiger partial charge in [0.25, 0.3) is 0 Å². The molecule has 0 aromatic heterocycles. The van der Waals surface area contributed by atoms with Gasteiger partial charge in [-0.1, -0.05) is 76.9 Å². The molecule has 0 aliphatic carbocycles. The smallest absolute Gasteiger partial charge is 0.122 e. The average molecular weight is 383 g/mol. The molecule has 0 bridgehead atoms. The van der Waals surface area contributed by atoms with Crippen molar-refractivity contribution in [3.05, 3.63) is 57.6 Å². The second kappa shape index (κ2) is 9.03. The Morgan fingerprint density at radius 1 is 0.643 bits per heavy atom. The summed E-state index contributed by atoms with van der Waals surface area (Å²) in [5.74, 6) is 1.94. The monoisotopic (exact) mass is 382 g/mol. The summed E-state index contributed by atoms with van der Waals surface area (Å²) in [7, 11) is 0. The van der Waals surface area contributed by atoms with Crippen LogP contribution >= 0.6 is 0 Å². The van der Waals surface area contributed by atoms with Crippen molar-refractivity contribution in [1.29, 1.82) is 0 Å². The van der Waals surface area contributed by atoms with E-state index >= 15 is 0 Å². The molecular weight excluding hydrogens is 344 g/mol. The van der Waals surface area contributed by atoms with Crippen molar-refractivity contribution >= 4 is 0 Å². The van der Waals surface area contributed by atoms with Crippen molar-refractivity contribution in [3.63, 3.8) is 0 Å². The van der Waals surface area contributed by atoms with Crippen LogP contribution in [0.3, 0.4) is 0 Å². The van der Waals surface area contributed by atoms with E-state index in [-0.39, 0.29) is 11.8 Å². The molecule has 2 N–H and O–H groups in total. The first-order valence-corrected chi connectivity index (χ1v) is 10.7. The molecule has 2 rings (SSSR count). The van der Waals surface area contributed by atoms with Gasteiger partial charge in [-0.05, 0) is 55.6 Å². The second-order valence-corrected chi connectivity index (χ2v) is 9.64. The second-order valence-electron chi connectivity index (χ2n) is 9.64. The SMILES string of the molecule is Cc1cc(CC(C)C)c(O)c(C(c2cc(C)cc(CC(C)C)c2O)C(C)C)c1. The van der Waals surface area contributed by atoms with Crippen molar-refractivity contribution in [3.8, 4) is 11.5 Å². The molecule has 0 atom stereocenters. The van der Waals surface area contributed by atoms with Gasteiger partial charge >= 0.3 is 0 Å². The van der Waals surface area contributed by atoms with Crippen molar-refractivity contribution in [1.82, 2.24) is 0 Å². The van der Waals surface area contributed by atoms with E-state index in [4.69, 9.17) is 0 Å². The van der Waals surface area contributed by atoms with Gasteiger partial charge in [0.15, 0.2) is 0 Å². The standard InChI is InChI=1S/C26H38O2/c1-15(2)9-20-11-18(7)13-22(25(20)27)24(17(5)6)23-14-19(8)12-21(26(23)28)10-16(3)4/h11-17,24,27-28H,9-10H2,1-8H3. The van der Waals surface area contributed by atoms with Crippen molar-refractivity contribution < 1.29 is 10.2 Å². The van der Waals surface area contributed by atoms with Crippen molar-refractivity contribution in [2.75, 3.05) is 0 Å². The van der Waals surface area contributed by atoms with Gasteiger partial charge in [-0.2, -0.15) is 0 Å². The fraction of sp³-hybridized carbons (Fsp3) is 0.538. The number of hydrogen-bond donors (Lipinski definition) is 2.